The lowest BCUT2D eigenvalue weighted by Gasteiger charge is -2.21. The standard InChI is InChI=1S/C20H19NO7S/c1-12-7-15-8-14(3-5-16(15)21(12)29(2,24)25)20(23)26-10-17(22)13-4-6-18-19(9-13)28-11-27-18/h3-6,8-9,12H,7,10-11H2,1-2H3/t12-/m1/s1. The van der Waals surface area contributed by atoms with Crippen LogP contribution in [-0.4, -0.2) is 45.9 Å². The molecule has 0 fully saturated rings. The average Bonchev–Trinajstić information content (AvgIpc) is 3.26. The smallest absolute Gasteiger partial charge is 0.338 e. The minimum atomic E-state index is -3.40. The highest BCUT2D eigenvalue weighted by atomic mass is 32.2. The zero-order valence-corrected chi connectivity index (χ0v) is 16.7. The van der Waals surface area contributed by atoms with Gasteiger partial charge in [-0.1, -0.05) is 0 Å². The quantitative estimate of drug-likeness (QED) is 0.543. The molecule has 4 rings (SSSR count). The number of esters is 1. The van der Waals surface area contributed by atoms with Crippen LogP contribution in [0.25, 0.3) is 0 Å². The topological polar surface area (TPSA) is 99.2 Å². The van der Waals surface area contributed by atoms with Crippen molar-refractivity contribution in [2.75, 3.05) is 24.0 Å². The van der Waals surface area contributed by atoms with Crippen molar-refractivity contribution >= 4 is 27.5 Å². The van der Waals surface area contributed by atoms with Gasteiger partial charge in [0.25, 0.3) is 0 Å². The number of anilines is 1. The van der Waals surface area contributed by atoms with Crippen LogP contribution in [0.5, 0.6) is 11.5 Å². The van der Waals surface area contributed by atoms with Crippen molar-refractivity contribution in [2.45, 2.75) is 19.4 Å². The predicted molar refractivity (Wildman–Crippen MR) is 104 cm³/mol. The first-order chi connectivity index (χ1) is 13.7. The Morgan fingerprint density at radius 2 is 1.83 bits per heavy atom. The summed E-state index contributed by atoms with van der Waals surface area (Å²) in [6.45, 7) is 1.50. The molecular weight excluding hydrogens is 398 g/mol. The van der Waals surface area contributed by atoms with Crippen LogP contribution in [0.2, 0.25) is 0 Å². The molecule has 2 aliphatic rings. The van der Waals surface area contributed by atoms with E-state index < -0.39 is 22.6 Å². The summed E-state index contributed by atoms with van der Waals surface area (Å²) in [6.07, 6.45) is 1.65. The molecule has 0 amide bonds. The monoisotopic (exact) mass is 417 g/mol. The first-order valence-electron chi connectivity index (χ1n) is 8.96. The van der Waals surface area contributed by atoms with Gasteiger partial charge in [-0.05, 0) is 55.3 Å². The third kappa shape index (κ3) is 3.65. The fourth-order valence-corrected chi connectivity index (χ4v) is 4.87. The van der Waals surface area contributed by atoms with E-state index >= 15 is 0 Å². The molecule has 29 heavy (non-hydrogen) atoms. The zero-order chi connectivity index (χ0) is 20.8. The third-order valence-corrected chi connectivity index (χ3v) is 6.13. The van der Waals surface area contributed by atoms with E-state index in [9.17, 15) is 18.0 Å². The lowest BCUT2D eigenvalue weighted by molar-refractivity contribution is 0.0474. The molecule has 0 aliphatic carbocycles. The maximum absolute atomic E-state index is 12.4. The fraction of sp³-hybridized carbons (Fsp3) is 0.300. The number of carbonyl (C=O) groups is 2. The van der Waals surface area contributed by atoms with Gasteiger partial charge in [0.15, 0.2) is 23.9 Å². The van der Waals surface area contributed by atoms with Gasteiger partial charge in [0.05, 0.1) is 17.5 Å². The van der Waals surface area contributed by atoms with Gasteiger partial charge in [-0.3, -0.25) is 9.10 Å². The highest BCUT2D eigenvalue weighted by Gasteiger charge is 2.33. The number of hydrogen-bond donors (Lipinski definition) is 0. The Hall–Kier alpha value is -3.07. The lowest BCUT2D eigenvalue weighted by Crippen LogP contribution is -2.34. The van der Waals surface area contributed by atoms with Crippen LogP contribution in [0, 0.1) is 0 Å². The molecule has 0 bridgehead atoms. The Balaban J connectivity index is 1.44. The Morgan fingerprint density at radius 3 is 2.59 bits per heavy atom. The van der Waals surface area contributed by atoms with Gasteiger partial charge in [-0.25, -0.2) is 13.2 Å². The van der Waals surface area contributed by atoms with Crippen LogP contribution in [0.4, 0.5) is 5.69 Å². The van der Waals surface area contributed by atoms with Crippen molar-refractivity contribution < 1.29 is 32.2 Å². The molecule has 2 heterocycles. The van der Waals surface area contributed by atoms with Crippen molar-refractivity contribution in [1.29, 1.82) is 0 Å². The number of benzene rings is 2. The molecule has 9 heteroatoms. The number of hydrogen-bond acceptors (Lipinski definition) is 7. The van der Waals surface area contributed by atoms with Gasteiger partial charge in [0.1, 0.15) is 0 Å². The number of ketones is 1. The van der Waals surface area contributed by atoms with Gasteiger partial charge in [0.2, 0.25) is 16.8 Å². The molecule has 2 aliphatic heterocycles. The van der Waals surface area contributed by atoms with E-state index in [-0.39, 0.29) is 24.2 Å². The van der Waals surface area contributed by atoms with Crippen molar-refractivity contribution in [3.05, 3.63) is 53.1 Å². The molecule has 2 aromatic rings. The zero-order valence-electron chi connectivity index (χ0n) is 15.9. The van der Waals surface area contributed by atoms with Gasteiger partial charge < -0.3 is 14.2 Å². The molecule has 2 aromatic carbocycles. The highest BCUT2D eigenvalue weighted by molar-refractivity contribution is 7.92. The summed E-state index contributed by atoms with van der Waals surface area (Å²) in [5.74, 6) is 0.0291. The minimum Gasteiger partial charge on any atom is -0.454 e. The number of Topliss-reactive ketones (excluding diaryl/α,β-unsaturated/α-hetero) is 1. The second-order valence-electron chi connectivity index (χ2n) is 7.02. The fourth-order valence-electron chi connectivity index (χ4n) is 3.60. The van der Waals surface area contributed by atoms with Crippen LogP contribution in [0.1, 0.15) is 33.2 Å². The van der Waals surface area contributed by atoms with E-state index in [2.05, 4.69) is 0 Å². The molecule has 0 spiro atoms. The average molecular weight is 417 g/mol. The third-order valence-electron chi connectivity index (χ3n) is 4.85. The first kappa shape index (κ1) is 19.3. The summed E-state index contributed by atoms with van der Waals surface area (Å²) >= 11 is 0. The lowest BCUT2D eigenvalue weighted by atomic mass is 10.1. The van der Waals surface area contributed by atoms with Gasteiger partial charge in [0, 0.05) is 11.6 Å². The molecule has 1 atom stereocenters. The van der Waals surface area contributed by atoms with E-state index in [0.29, 0.717) is 29.2 Å². The highest BCUT2D eigenvalue weighted by Crippen LogP contribution is 2.35. The van der Waals surface area contributed by atoms with E-state index in [1.54, 1.807) is 30.3 Å². The molecule has 0 saturated heterocycles. The van der Waals surface area contributed by atoms with Crippen molar-refractivity contribution in [2.24, 2.45) is 0 Å². The second kappa shape index (κ2) is 7.07. The summed E-state index contributed by atoms with van der Waals surface area (Å²) in [7, 11) is -3.40. The number of fused-ring (bicyclic) bond motifs is 2. The molecule has 0 saturated carbocycles. The van der Waals surface area contributed by atoms with Crippen molar-refractivity contribution in [3.8, 4) is 11.5 Å². The number of rotatable bonds is 5. The normalized spacial score (nSPS) is 17.2. The summed E-state index contributed by atoms with van der Waals surface area (Å²) in [6, 6.07) is 9.25. The molecule has 152 valence electrons. The summed E-state index contributed by atoms with van der Waals surface area (Å²) in [5, 5.41) is 0. The molecule has 0 radical (unpaired) electrons. The number of sulfonamides is 1. The predicted octanol–water partition coefficient (Wildman–Crippen LogP) is 2.17. The largest absolute Gasteiger partial charge is 0.454 e. The van der Waals surface area contributed by atoms with E-state index in [0.717, 1.165) is 11.8 Å². The molecule has 8 nitrogen and oxygen atoms in total. The first-order valence-corrected chi connectivity index (χ1v) is 10.8. The number of nitrogens with zero attached hydrogens (tertiary/aromatic N) is 1. The second-order valence-corrected chi connectivity index (χ2v) is 8.88. The molecule has 0 unspecified atom stereocenters. The van der Waals surface area contributed by atoms with Crippen LogP contribution in [0.3, 0.4) is 0 Å². The van der Waals surface area contributed by atoms with Crippen LogP contribution in [0.15, 0.2) is 36.4 Å². The molecule has 0 aromatic heterocycles. The van der Waals surface area contributed by atoms with Crippen LogP contribution >= 0.6 is 0 Å². The van der Waals surface area contributed by atoms with Gasteiger partial charge in [-0.2, -0.15) is 0 Å². The maximum atomic E-state index is 12.4. The SMILES string of the molecule is C[C@@H]1Cc2cc(C(=O)OCC(=O)c3ccc4c(c3)OCO4)ccc2N1S(C)(=O)=O. The van der Waals surface area contributed by atoms with Crippen LogP contribution < -0.4 is 13.8 Å². The van der Waals surface area contributed by atoms with Gasteiger partial charge in [-0.15, -0.1) is 0 Å². The Morgan fingerprint density at radius 1 is 1.10 bits per heavy atom. The Bertz CT molecular complexity index is 1110. The summed E-state index contributed by atoms with van der Waals surface area (Å²) < 4.78 is 40.9. The number of carbonyl (C=O) groups excluding carboxylic acids is 2. The van der Waals surface area contributed by atoms with E-state index in [1.165, 1.54) is 10.4 Å². The van der Waals surface area contributed by atoms with Crippen molar-refractivity contribution in [3.63, 3.8) is 0 Å². The van der Waals surface area contributed by atoms with E-state index in [4.69, 9.17) is 14.2 Å². The van der Waals surface area contributed by atoms with Crippen LogP contribution in [-0.2, 0) is 21.2 Å². The summed E-state index contributed by atoms with van der Waals surface area (Å²) in [4.78, 5) is 24.7. The Labute approximate surface area is 168 Å². The maximum Gasteiger partial charge on any atom is 0.338 e. The van der Waals surface area contributed by atoms with Crippen molar-refractivity contribution in [1.82, 2.24) is 0 Å². The van der Waals surface area contributed by atoms with E-state index in [1.807, 2.05) is 6.92 Å². The molecule has 0 N–H and O–H groups in total. The van der Waals surface area contributed by atoms with Gasteiger partial charge >= 0.3 is 5.97 Å². The number of ether oxygens (including phenoxy) is 3. The Kier molecular flexibility index (Phi) is 4.70. The minimum absolute atomic E-state index is 0.107. The molecular formula is C20H19NO7S. The summed E-state index contributed by atoms with van der Waals surface area (Å²) in [5.41, 5.74) is 1.94.